The lowest BCUT2D eigenvalue weighted by Gasteiger charge is -2.27. The maximum Gasteiger partial charge on any atom is 0.351 e. The first-order valence-corrected chi connectivity index (χ1v) is 5.71. The molecule has 1 aliphatic heterocycles. The second-order valence-corrected chi connectivity index (χ2v) is 4.49. The largest absolute Gasteiger partial charge is 0.393 e. The molecule has 0 aromatic carbocycles. The van der Waals surface area contributed by atoms with E-state index in [1.165, 1.54) is 0 Å². The zero-order valence-electron chi connectivity index (χ0n) is 10.2. The Hall–Kier alpha value is -1.62. The number of hydrogen-bond acceptors (Lipinski definition) is 7. The van der Waals surface area contributed by atoms with Crippen LogP contribution in [0.4, 0.5) is 14.6 Å². The molecule has 0 amide bonds. The molecule has 1 fully saturated rings. The zero-order valence-corrected chi connectivity index (χ0v) is 10.2. The van der Waals surface area contributed by atoms with Gasteiger partial charge < -0.3 is 26.4 Å². The summed E-state index contributed by atoms with van der Waals surface area (Å²) in [6.45, 7) is -1.15. The van der Waals surface area contributed by atoms with Crippen LogP contribution in [0.5, 0.6) is 0 Å². The third-order valence-electron chi connectivity index (χ3n) is 3.29. The Balaban J connectivity index is 2.45. The van der Waals surface area contributed by atoms with Gasteiger partial charge in [0.15, 0.2) is 24.0 Å². The van der Waals surface area contributed by atoms with Gasteiger partial charge in [0.05, 0.1) is 12.8 Å². The average molecular weight is 292 g/mol. The van der Waals surface area contributed by atoms with Gasteiger partial charge in [-0.25, -0.2) is 13.6 Å². The van der Waals surface area contributed by atoms with Crippen molar-refractivity contribution in [1.29, 1.82) is 0 Å². The van der Waals surface area contributed by atoms with Crippen LogP contribution in [0.2, 0.25) is 0 Å². The van der Waals surface area contributed by atoms with E-state index in [1.807, 2.05) is 0 Å². The number of rotatable bonds is 3. The van der Waals surface area contributed by atoms with Gasteiger partial charge in [0.1, 0.15) is 11.7 Å². The highest BCUT2D eigenvalue weighted by Crippen LogP contribution is 2.37. The molecule has 8 nitrogen and oxygen atoms in total. The first-order valence-electron chi connectivity index (χ1n) is 5.71. The summed E-state index contributed by atoms with van der Waals surface area (Å²) in [5.74, 6) is -1.67. The van der Waals surface area contributed by atoms with Crippen molar-refractivity contribution in [1.82, 2.24) is 9.55 Å². The number of aliphatic hydroxyl groups excluding tert-OH is 2. The maximum absolute atomic E-state index is 14.1. The van der Waals surface area contributed by atoms with Crippen LogP contribution in [0.15, 0.2) is 11.0 Å². The number of nitrogens with two attached hydrogens (primary N) is 2. The summed E-state index contributed by atoms with van der Waals surface area (Å²) >= 11 is 0. The number of hydrogen-bond donors (Lipinski definition) is 4. The number of ether oxygens (including phenoxy) is 1. The molecule has 2 rings (SSSR count). The van der Waals surface area contributed by atoms with Crippen LogP contribution in [0.3, 0.4) is 0 Å². The topological polar surface area (TPSA) is 137 Å². The monoisotopic (exact) mass is 292 g/mol. The van der Waals surface area contributed by atoms with Crippen molar-refractivity contribution in [3.63, 3.8) is 0 Å². The molecule has 10 heteroatoms. The molecule has 1 saturated heterocycles. The molecule has 1 aromatic heterocycles. The minimum atomic E-state index is -2.09. The molecule has 2 heterocycles. The number of halogens is 2. The Morgan fingerprint density at radius 3 is 2.75 bits per heavy atom. The number of nitrogens with zero attached hydrogens (tertiary/aromatic N) is 2. The molecule has 0 spiro atoms. The van der Waals surface area contributed by atoms with Gasteiger partial charge in [-0.3, -0.25) is 4.57 Å². The van der Waals surface area contributed by atoms with Crippen LogP contribution in [0, 0.1) is 5.82 Å². The molecule has 1 aromatic rings. The summed E-state index contributed by atoms with van der Waals surface area (Å²) in [6.07, 6.45) is -4.89. The zero-order chi connectivity index (χ0) is 15.1. The molecule has 0 radical (unpaired) electrons. The van der Waals surface area contributed by atoms with E-state index in [0.717, 1.165) is 0 Å². The van der Waals surface area contributed by atoms with E-state index in [1.54, 1.807) is 0 Å². The van der Waals surface area contributed by atoms with Gasteiger partial charge in [-0.1, -0.05) is 0 Å². The molecular formula is C10H14F2N4O4. The molecule has 6 N–H and O–H groups in total. The lowest BCUT2D eigenvalue weighted by atomic mass is 9.97. The predicted octanol–water partition coefficient (Wildman–Crippen LogP) is -2.12. The Kier molecular flexibility index (Phi) is 3.73. The van der Waals surface area contributed by atoms with Crippen molar-refractivity contribution in [2.24, 2.45) is 5.73 Å². The van der Waals surface area contributed by atoms with Crippen molar-refractivity contribution < 1.29 is 23.7 Å². The first kappa shape index (κ1) is 14.8. The van der Waals surface area contributed by atoms with E-state index in [4.69, 9.17) is 16.2 Å². The number of aliphatic hydroxyl groups is 2. The maximum atomic E-state index is 14.1. The molecule has 0 unspecified atom stereocenters. The van der Waals surface area contributed by atoms with Crippen LogP contribution in [0.25, 0.3) is 0 Å². The molecule has 0 bridgehead atoms. The highest BCUT2D eigenvalue weighted by molar-refractivity contribution is 5.26. The number of aromatic nitrogens is 2. The Bertz CT molecular complexity index is 563. The average Bonchev–Trinajstić information content (AvgIpc) is 2.68. The van der Waals surface area contributed by atoms with E-state index >= 15 is 0 Å². The van der Waals surface area contributed by atoms with Gasteiger partial charge in [0.25, 0.3) is 0 Å². The van der Waals surface area contributed by atoms with Crippen LogP contribution in [-0.2, 0) is 4.74 Å². The van der Waals surface area contributed by atoms with Crippen molar-refractivity contribution in [2.45, 2.75) is 24.1 Å². The summed E-state index contributed by atoms with van der Waals surface area (Å²) < 4.78 is 33.1. The van der Waals surface area contributed by atoms with Gasteiger partial charge in [-0.2, -0.15) is 4.98 Å². The van der Waals surface area contributed by atoms with Crippen molar-refractivity contribution in [3.05, 3.63) is 22.5 Å². The van der Waals surface area contributed by atoms with Gasteiger partial charge in [-0.05, 0) is 0 Å². The highest BCUT2D eigenvalue weighted by atomic mass is 19.1. The fourth-order valence-electron chi connectivity index (χ4n) is 2.04. The fraction of sp³-hybridized carbons (Fsp3) is 0.600. The molecule has 112 valence electrons. The molecule has 0 aliphatic carbocycles. The molecule has 0 saturated carbocycles. The molecular weight excluding hydrogens is 278 g/mol. The van der Waals surface area contributed by atoms with E-state index in [9.17, 15) is 23.8 Å². The van der Waals surface area contributed by atoms with Gasteiger partial charge in [0.2, 0.25) is 0 Å². The number of nitrogen functional groups attached to an aromatic ring is 1. The standard InChI is InChI=1S/C10H14F2N4O4/c11-4-1-16(9(19)15-7(4)14)8-5(12)6(18)10(2-13,3-17)20-8/h1,5-6,8,17-18H,2-3,13H2,(H2,14,15,19)/t5-,6-,8+,10+/m0/s1. The Morgan fingerprint density at radius 1 is 1.60 bits per heavy atom. The van der Waals surface area contributed by atoms with Gasteiger partial charge in [-0.15, -0.1) is 0 Å². The molecule has 1 aliphatic rings. The van der Waals surface area contributed by atoms with Gasteiger partial charge in [0, 0.05) is 6.54 Å². The Morgan fingerprint density at radius 2 is 2.25 bits per heavy atom. The summed E-state index contributed by atoms with van der Waals surface area (Å²) in [6, 6.07) is 0. The van der Waals surface area contributed by atoms with Crippen molar-refractivity contribution in [3.8, 4) is 0 Å². The van der Waals surface area contributed by atoms with E-state index in [2.05, 4.69) is 4.98 Å². The predicted molar refractivity (Wildman–Crippen MR) is 62.8 cm³/mol. The minimum Gasteiger partial charge on any atom is -0.393 e. The smallest absolute Gasteiger partial charge is 0.351 e. The SMILES string of the molecule is NC[C@]1(CO)O[C@@H](n2cc(F)c(N)nc2=O)[C@@H](F)[C@@H]1O. The van der Waals surface area contributed by atoms with Crippen LogP contribution >= 0.6 is 0 Å². The lowest BCUT2D eigenvalue weighted by molar-refractivity contribution is -0.122. The quantitative estimate of drug-likeness (QED) is 0.500. The van der Waals surface area contributed by atoms with Crippen LogP contribution in [-0.4, -0.2) is 50.8 Å². The van der Waals surface area contributed by atoms with E-state index in [0.29, 0.717) is 10.8 Å². The van der Waals surface area contributed by atoms with Crippen molar-refractivity contribution in [2.75, 3.05) is 18.9 Å². The third-order valence-corrected chi connectivity index (χ3v) is 3.29. The normalized spacial score (nSPS) is 33.5. The Labute approximate surface area is 111 Å². The van der Waals surface area contributed by atoms with E-state index < -0.39 is 48.0 Å². The van der Waals surface area contributed by atoms with Crippen LogP contribution < -0.4 is 17.2 Å². The highest BCUT2D eigenvalue weighted by Gasteiger charge is 2.55. The summed E-state index contributed by atoms with van der Waals surface area (Å²) in [5, 5.41) is 19.0. The van der Waals surface area contributed by atoms with Crippen LogP contribution in [0.1, 0.15) is 6.23 Å². The summed E-state index contributed by atoms with van der Waals surface area (Å²) in [7, 11) is 0. The number of anilines is 1. The second-order valence-electron chi connectivity index (χ2n) is 4.49. The van der Waals surface area contributed by atoms with Gasteiger partial charge >= 0.3 is 5.69 Å². The lowest BCUT2D eigenvalue weighted by Crippen LogP contribution is -2.51. The van der Waals surface area contributed by atoms with E-state index in [-0.39, 0.29) is 6.54 Å². The molecule has 4 atom stereocenters. The first-order chi connectivity index (χ1) is 9.36. The third kappa shape index (κ3) is 2.06. The van der Waals surface area contributed by atoms with Crippen molar-refractivity contribution >= 4 is 5.82 Å². The summed E-state index contributed by atoms with van der Waals surface area (Å²) in [4.78, 5) is 14.8. The number of alkyl halides is 1. The molecule has 20 heavy (non-hydrogen) atoms. The second kappa shape index (κ2) is 5.05. The minimum absolute atomic E-state index is 0.388. The summed E-state index contributed by atoms with van der Waals surface area (Å²) in [5.41, 5.74) is 7.66. The fourth-order valence-corrected chi connectivity index (χ4v) is 2.04.